The molecule has 10 heteroatoms. The van der Waals surface area contributed by atoms with Crippen molar-refractivity contribution in [2.45, 2.75) is 31.5 Å². The van der Waals surface area contributed by atoms with Crippen LogP contribution >= 0.6 is 23.4 Å². The van der Waals surface area contributed by atoms with E-state index in [1.54, 1.807) is 4.90 Å². The molecular weight excluding hydrogens is 393 g/mol. The lowest BCUT2D eigenvalue weighted by Crippen LogP contribution is -2.50. The highest BCUT2D eigenvalue weighted by Gasteiger charge is 2.28. The highest BCUT2D eigenvalue weighted by atomic mass is 35.5. The maximum Gasteiger partial charge on any atom is 0.410 e. The Morgan fingerprint density at radius 3 is 2.52 bits per heavy atom. The van der Waals surface area contributed by atoms with E-state index in [0.717, 1.165) is 0 Å². The molecule has 1 amide bonds. The van der Waals surface area contributed by atoms with E-state index in [9.17, 15) is 9.18 Å². The van der Waals surface area contributed by atoms with Crippen molar-refractivity contribution in [2.24, 2.45) is 0 Å². The van der Waals surface area contributed by atoms with Crippen LogP contribution in [-0.2, 0) is 4.74 Å². The van der Waals surface area contributed by atoms with Crippen molar-refractivity contribution in [3.63, 3.8) is 0 Å². The number of amides is 1. The highest BCUT2D eigenvalue weighted by Crippen LogP contribution is 2.30. The molecule has 0 unspecified atom stereocenters. The zero-order valence-corrected chi connectivity index (χ0v) is 17.2. The zero-order chi connectivity index (χ0) is 19.8. The van der Waals surface area contributed by atoms with Gasteiger partial charge in [-0.2, -0.15) is 0 Å². The molecular formula is C17H21ClFN5O2S. The van der Waals surface area contributed by atoms with Crippen LogP contribution in [0.2, 0.25) is 5.15 Å². The maximum absolute atomic E-state index is 14.4. The van der Waals surface area contributed by atoms with Gasteiger partial charge < -0.3 is 14.5 Å². The number of pyridine rings is 1. The lowest BCUT2D eigenvalue weighted by molar-refractivity contribution is 0.0240. The number of halogens is 2. The molecule has 0 spiro atoms. The normalized spacial score (nSPS) is 15.3. The van der Waals surface area contributed by atoms with Gasteiger partial charge in [-0.3, -0.25) is 0 Å². The van der Waals surface area contributed by atoms with Gasteiger partial charge in [-0.15, -0.1) is 0 Å². The van der Waals surface area contributed by atoms with Crippen LogP contribution in [0.15, 0.2) is 11.4 Å². The summed E-state index contributed by atoms with van der Waals surface area (Å²) in [5.74, 6) is -0.0586. The minimum atomic E-state index is -0.652. The SMILES string of the molecule is CSc1nc(N2CCN(C(=O)OC(C)(C)C)CC2)c2cnc(Cl)c(F)c2n1. The molecule has 0 aromatic carbocycles. The fraction of sp³-hybridized carbons (Fsp3) is 0.529. The van der Waals surface area contributed by atoms with Crippen LogP contribution < -0.4 is 4.90 Å². The second kappa shape index (κ2) is 7.63. The first-order valence-electron chi connectivity index (χ1n) is 8.48. The Morgan fingerprint density at radius 2 is 1.93 bits per heavy atom. The number of rotatable bonds is 2. The summed E-state index contributed by atoms with van der Waals surface area (Å²) in [5.41, 5.74) is -0.383. The quantitative estimate of drug-likeness (QED) is 0.423. The molecule has 1 aliphatic heterocycles. The van der Waals surface area contributed by atoms with Crippen molar-refractivity contribution in [3.05, 3.63) is 17.2 Å². The molecule has 3 rings (SSSR count). The van der Waals surface area contributed by atoms with Crippen LogP contribution in [0.1, 0.15) is 20.8 Å². The summed E-state index contributed by atoms with van der Waals surface area (Å²) in [4.78, 5) is 28.6. The highest BCUT2D eigenvalue weighted by molar-refractivity contribution is 7.98. The molecule has 2 aromatic rings. The second-order valence-corrected chi connectivity index (χ2v) is 8.25. The summed E-state index contributed by atoms with van der Waals surface area (Å²) >= 11 is 7.13. The molecule has 0 N–H and O–H groups in total. The van der Waals surface area contributed by atoms with Gasteiger partial charge in [-0.1, -0.05) is 23.4 Å². The summed E-state index contributed by atoms with van der Waals surface area (Å²) < 4.78 is 19.8. The number of nitrogens with zero attached hydrogens (tertiary/aromatic N) is 5. The van der Waals surface area contributed by atoms with Gasteiger partial charge in [-0.05, 0) is 27.0 Å². The van der Waals surface area contributed by atoms with Gasteiger partial charge in [0.05, 0.1) is 5.39 Å². The van der Waals surface area contributed by atoms with Crippen molar-refractivity contribution in [3.8, 4) is 0 Å². The fourth-order valence-electron chi connectivity index (χ4n) is 2.76. The van der Waals surface area contributed by atoms with Gasteiger partial charge >= 0.3 is 6.09 Å². The van der Waals surface area contributed by atoms with Crippen LogP contribution in [0.3, 0.4) is 0 Å². The predicted molar refractivity (Wildman–Crippen MR) is 104 cm³/mol. The van der Waals surface area contributed by atoms with E-state index in [0.29, 0.717) is 42.5 Å². The first kappa shape index (κ1) is 19.9. The number of carbonyl (C=O) groups is 1. The average molecular weight is 414 g/mol. The third-order valence-electron chi connectivity index (χ3n) is 4.01. The minimum Gasteiger partial charge on any atom is -0.444 e. The van der Waals surface area contributed by atoms with Crippen molar-refractivity contribution in [1.29, 1.82) is 0 Å². The lowest BCUT2D eigenvalue weighted by atomic mass is 10.2. The van der Waals surface area contributed by atoms with Gasteiger partial charge in [0, 0.05) is 32.4 Å². The van der Waals surface area contributed by atoms with E-state index in [-0.39, 0.29) is 16.8 Å². The number of hydrogen-bond donors (Lipinski definition) is 0. The smallest absolute Gasteiger partial charge is 0.410 e. The Bertz CT molecular complexity index is 869. The van der Waals surface area contributed by atoms with E-state index in [1.165, 1.54) is 18.0 Å². The van der Waals surface area contributed by atoms with E-state index in [2.05, 4.69) is 15.0 Å². The molecule has 0 saturated carbocycles. The molecule has 2 aromatic heterocycles. The summed E-state index contributed by atoms with van der Waals surface area (Å²) in [6.07, 6.45) is 2.98. The third kappa shape index (κ3) is 4.35. The van der Waals surface area contributed by atoms with Crippen molar-refractivity contribution in [2.75, 3.05) is 37.3 Å². The van der Waals surface area contributed by atoms with Crippen LogP contribution in [0.4, 0.5) is 15.0 Å². The Labute approximate surface area is 166 Å². The molecule has 0 atom stereocenters. The number of hydrogen-bond acceptors (Lipinski definition) is 7. The van der Waals surface area contributed by atoms with Crippen LogP contribution in [0.25, 0.3) is 10.9 Å². The Morgan fingerprint density at radius 1 is 1.26 bits per heavy atom. The van der Waals surface area contributed by atoms with Gasteiger partial charge in [-0.25, -0.2) is 24.1 Å². The molecule has 0 radical (unpaired) electrons. The number of anilines is 1. The molecule has 1 saturated heterocycles. The Kier molecular flexibility index (Phi) is 5.62. The summed E-state index contributed by atoms with van der Waals surface area (Å²) in [7, 11) is 0. The van der Waals surface area contributed by atoms with Gasteiger partial charge in [0.15, 0.2) is 16.1 Å². The molecule has 146 valence electrons. The molecule has 27 heavy (non-hydrogen) atoms. The molecule has 1 aliphatic rings. The van der Waals surface area contributed by atoms with E-state index in [4.69, 9.17) is 16.3 Å². The molecule has 0 bridgehead atoms. The van der Waals surface area contributed by atoms with Crippen LogP contribution in [-0.4, -0.2) is 64.0 Å². The average Bonchev–Trinajstić information content (AvgIpc) is 2.63. The van der Waals surface area contributed by atoms with Crippen molar-refractivity contribution < 1.29 is 13.9 Å². The maximum atomic E-state index is 14.4. The first-order valence-corrected chi connectivity index (χ1v) is 10.1. The fourth-order valence-corrected chi connectivity index (χ4v) is 3.26. The number of ether oxygens (including phenoxy) is 1. The number of aromatic nitrogens is 3. The van der Waals surface area contributed by atoms with E-state index < -0.39 is 11.4 Å². The Hall–Kier alpha value is -1.87. The number of piperazine rings is 1. The molecule has 1 fully saturated rings. The van der Waals surface area contributed by atoms with Crippen LogP contribution in [0, 0.1) is 5.82 Å². The second-order valence-electron chi connectivity index (χ2n) is 7.11. The monoisotopic (exact) mass is 413 g/mol. The largest absolute Gasteiger partial charge is 0.444 e. The Balaban J connectivity index is 1.85. The summed E-state index contributed by atoms with van der Waals surface area (Å²) in [6.45, 7) is 7.57. The lowest BCUT2D eigenvalue weighted by Gasteiger charge is -2.36. The van der Waals surface area contributed by atoms with Gasteiger partial charge in [0.25, 0.3) is 0 Å². The van der Waals surface area contributed by atoms with Gasteiger partial charge in [0.1, 0.15) is 16.9 Å². The van der Waals surface area contributed by atoms with Gasteiger partial charge in [0.2, 0.25) is 0 Å². The molecule has 0 aliphatic carbocycles. The summed E-state index contributed by atoms with van der Waals surface area (Å²) in [5, 5.41) is 0.739. The topological polar surface area (TPSA) is 71.5 Å². The zero-order valence-electron chi connectivity index (χ0n) is 15.6. The van der Waals surface area contributed by atoms with Crippen molar-refractivity contribution >= 4 is 46.2 Å². The summed E-state index contributed by atoms with van der Waals surface area (Å²) in [6, 6.07) is 0. The van der Waals surface area contributed by atoms with Crippen LogP contribution in [0.5, 0.6) is 0 Å². The van der Waals surface area contributed by atoms with E-state index in [1.807, 2.05) is 31.9 Å². The number of fused-ring (bicyclic) bond motifs is 1. The number of thioether (sulfide) groups is 1. The standard InChI is InChI=1S/C17H21ClFN5O2S/c1-17(2,3)26-16(25)24-7-5-23(6-8-24)14-10-9-20-13(18)11(19)12(10)21-15(22-14)27-4/h9H,5-8H2,1-4H3. The third-order valence-corrected chi connectivity index (χ3v) is 4.83. The molecule has 3 heterocycles. The van der Waals surface area contributed by atoms with Crippen molar-refractivity contribution in [1.82, 2.24) is 19.9 Å². The first-order chi connectivity index (χ1) is 12.7. The predicted octanol–water partition coefficient (Wildman–Crippen LogP) is 3.60. The molecule has 7 nitrogen and oxygen atoms in total. The van der Waals surface area contributed by atoms with E-state index >= 15 is 0 Å². The number of carbonyl (C=O) groups excluding carboxylic acids is 1. The minimum absolute atomic E-state index is 0.152.